The van der Waals surface area contributed by atoms with Gasteiger partial charge in [0.2, 0.25) is 0 Å². The Hall–Kier alpha value is -1.52. The lowest BCUT2D eigenvalue weighted by atomic mass is 9.43. The average Bonchev–Trinajstić information content (AvgIpc) is 2.80. The molecule has 3 heterocycles. The van der Waals surface area contributed by atoms with Crippen molar-refractivity contribution in [1.82, 2.24) is 13.9 Å². The van der Waals surface area contributed by atoms with E-state index >= 15 is 0 Å². The second kappa shape index (κ2) is 3.87. The number of aromatic nitrogens is 3. The summed E-state index contributed by atoms with van der Waals surface area (Å²) in [5, 5.41) is 0. The lowest BCUT2D eigenvalue weighted by molar-refractivity contribution is -0.150. The molecular formula is C17H23N3O2. The van der Waals surface area contributed by atoms with Gasteiger partial charge in [-0.3, -0.25) is 0 Å². The van der Waals surface area contributed by atoms with Crippen LogP contribution in [0.4, 0.5) is 0 Å². The molecule has 0 aromatic carbocycles. The lowest BCUT2D eigenvalue weighted by Gasteiger charge is -2.66. The quantitative estimate of drug-likeness (QED) is 0.689. The molecule has 0 spiro atoms. The fraction of sp³-hybridized carbons (Fsp3) is 0.765. The zero-order valence-electron chi connectivity index (χ0n) is 13.1. The van der Waals surface area contributed by atoms with E-state index in [1.54, 1.807) is 16.4 Å². The Morgan fingerprint density at radius 1 is 0.818 bits per heavy atom. The molecule has 1 aromatic rings. The van der Waals surface area contributed by atoms with Gasteiger partial charge in [-0.1, -0.05) is 37.8 Å². The molecule has 3 aliphatic carbocycles. The molecule has 2 saturated carbocycles. The fourth-order valence-corrected chi connectivity index (χ4v) is 6.48. The topological polar surface area (TPSA) is 48.9 Å². The molecule has 22 heavy (non-hydrogen) atoms. The monoisotopic (exact) mass is 301 g/mol. The molecule has 2 aliphatic heterocycles. The molecule has 5 aliphatic rings. The summed E-state index contributed by atoms with van der Waals surface area (Å²) in [7, 11) is 1.62. The molecule has 0 N–H and O–H groups in total. The Balaban J connectivity index is 1.88. The van der Waals surface area contributed by atoms with E-state index in [-0.39, 0.29) is 34.3 Å². The third kappa shape index (κ3) is 1.14. The van der Waals surface area contributed by atoms with Crippen LogP contribution in [0.3, 0.4) is 0 Å². The van der Waals surface area contributed by atoms with Crippen molar-refractivity contribution in [3.05, 3.63) is 33.1 Å². The van der Waals surface area contributed by atoms with Crippen molar-refractivity contribution in [3.8, 4) is 0 Å². The lowest BCUT2D eigenvalue weighted by Crippen LogP contribution is -2.64. The third-order valence-corrected chi connectivity index (χ3v) is 7.32. The van der Waals surface area contributed by atoms with Crippen molar-refractivity contribution in [3.63, 3.8) is 0 Å². The van der Waals surface area contributed by atoms with Gasteiger partial charge in [-0.15, -0.1) is 0 Å². The summed E-state index contributed by atoms with van der Waals surface area (Å²) in [6.45, 7) is 0. The fourth-order valence-electron chi connectivity index (χ4n) is 6.48. The van der Waals surface area contributed by atoms with Gasteiger partial charge >= 0.3 is 11.4 Å². The SMILES string of the molecule is Cn1c(=O)n2n(c1=O)C1C=CC2C23CCCCC12CCCC3. The maximum Gasteiger partial charge on any atom is 0.347 e. The summed E-state index contributed by atoms with van der Waals surface area (Å²) in [5.74, 6) is 0. The number of hydrogen-bond donors (Lipinski definition) is 0. The van der Waals surface area contributed by atoms with E-state index in [1.807, 2.05) is 0 Å². The van der Waals surface area contributed by atoms with E-state index in [0.29, 0.717) is 0 Å². The van der Waals surface area contributed by atoms with Gasteiger partial charge < -0.3 is 0 Å². The summed E-state index contributed by atoms with van der Waals surface area (Å²) >= 11 is 0. The largest absolute Gasteiger partial charge is 0.347 e. The molecular weight excluding hydrogens is 278 g/mol. The predicted octanol–water partition coefficient (Wildman–Crippen LogP) is 2.13. The Morgan fingerprint density at radius 3 is 1.55 bits per heavy atom. The van der Waals surface area contributed by atoms with Crippen LogP contribution in [0.25, 0.3) is 0 Å². The summed E-state index contributed by atoms with van der Waals surface area (Å²) in [6, 6.07) is 0.166. The van der Waals surface area contributed by atoms with E-state index < -0.39 is 0 Å². The summed E-state index contributed by atoms with van der Waals surface area (Å²) in [6.07, 6.45) is 14.4. The molecule has 0 amide bonds. The Bertz CT molecular complexity index is 718. The first-order valence-electron chi connectivity index (χ1n) is 8.71. The van der Waals surface area contributed by atoms with Crippen LogP contribution in [0.1, 0.15) is 63.5 Å². The molecule has 2 fully saturated rings. The van der Waals surface area contributed by atoms with Gasteiger partial charge in [-0.25, -0.2) is 23.5 Å². The second-order valence-electron chi connectivity index (χ2n) is 7.81. The highest BCUT2D eigenvalue weighted by atomic mass is 16.2. The van der Waals surface area contributed by atoms with E-state index in [4.69, 9.17) is 0 Å². The molecule has 5 heteroatoms. The molecule has 2 atom stereocenters. The van der Waals surface area contributed by atoms with Crippen molar-refractivity contribution in [2.45, 2.75) is 63.5 Å². The number of allylic oxidation sites excluding steroid dienone is 2. The molecule has 2 unspecified atom stereocenters. The van der Waals surface area contributed by atoms with Crippen LogP contribution in [-0.4, -0.2) is 13.9 Å². The maximum absolute atomic E-state index is 12.6. The van der Waals surface area contributed by atoms with Crippen molar-refractivity contribution >= 4 is 0 Å². The van der Waals surface area contributed by atoms with Crippen LogP contribution in [0.15, 0.2) is 21.7 Å². The normalized spacial score (nSPS) is 41.9. The molecule has 2 bridgehead atoms. The van der Waals surface area contributed by atoms with Crippen LogP contribution in [-0.2, 0) is 7.05 Å². The standard InChI is InChI=1S/C17H23N3O2/c1-18-14(21)19-12-6-7-13(20(19)15(18)22)17-9-3-2-8-16(12,17)10-4-5-11-17/h6-7,12-13H,2-5,8-11H2,1H3. The molecule has 0 saturated heterocycles. The van der Waals surface area contributed by atoms with Crippen molar-refractivity contribution in [1.29, 1.82) is 0 Å². The van der Waals surface area contributed by atoms with Gasteiger partial charge in [-0.05, 0) is 25.7 Å². The van der Waals surface area contributed by atoms with Gasteiger partial charge in [-0.2, -0.15) is 0 Å². The van der Waals surface area contributed by atoms with Gasteiger partial charge in [0.05, 0.1) is 12.1 Å². The zero-order valence-corrected chi connectivity index (χ0v) is 13.1. The Morgan fingerprint density at radius 2 is 1.18 bits per heavy atom. The molecule has 0 radical (unpaired) electrons. The van der Waals surface area contributed by atoms with Gasteiger partial charge in [0.15, 0.2) is 0 Å². The van der Waals surface area contributed by atoms with Gasteiger partial charge in [0.1, 0.15) is 0 Å². The average molecular weight is 301 g/mol. The molecule has 5 nitrogen and oxygen atoms in total. The first-order chi connectivity index (χ1) is 10.6. The molecule has 6 rings (SSSR count). The highest BCUT2D eigenvalue weighted by Gasteiger charge is 2.66. The smallest absolute Gasteiger partial charge is 0.246 e. The molecule has 118 valence electrons. The highest BCUT2D eigenvalue weighted by Crippen LogP contribution is 2.71. The minimum atomic E-state index is -0.136. The second-order valence-corrected chi connectivity index (χ2v) is 7.81. The number of rotatable bonds is 0. The zero-order chi connectivity index (χ0) is 15.1. The number of nitrogens with zero attached hydrogens (tertiary/aromatic N) is 3. The van der Waals surface area contributed by atoms with Gasteiger partial charge in [0.25, 0.3) is 0 Å². The highest BCUT2D eigenvalue weighted by molar-refractivity contribution is 5.26. The van der Waals surface area contributed by atoms with Crippen molar-refractivity contribution in [2.24, 2.45) is 17.9 Å². The van der Waals surface area contributed by atoms with Crippen LogP contribution in [0.2, 0.25) is 0 Å². The first kappa shape index (κ1) is 13.0. The van der Waals surface area contributed by atoms with Gasteiger partial charge in [0, 0.05) is 17.9 Å². The molecule has 1 aromatic heterocycles. The van der Waals surface area contributed by atoms with Crippen LogP contribution in [0.5, 0.6) is 0 Å². The minimum Gasteiger partial charge on any atom is -0.246 e. The number of hydrogen-bond acceptors (Lipinski definition) is 2. The van der Waals surface area contributed by atoms with Crippen molar-refractivity contribution in [2.75, 3.05) is 0 Å². The maximum atomic E-state index is 12.6. The van der Waals surface area contributed by atoms with E-state index in [2.05, 4.69) is 12.2 Å². The Labute approximate surface area is 129 Å². The van der Waals surface area contributed by atoms with E-state index in [0.717, 1.165) is 0 Å². The summed E-state index contributed by atoms with van der Waals surface area (Å²) in [4.78, 5) is 25.3. The first-order valence-corrected chi connectivity index (χ1v) is 8.71. The van der Waals surface area contributed by atoms with Crippen LogP contribution < -0.4 is 11.4 Å². The predicted molar refractivity (Wildman–Crippen MR) is 82.9 cm³/mol. The van der Waals surface area contributed by atoms with E-state index in [1.165, 1.54) is 55.9 Å². The van der Waals surface area contributed by atoms with Crippen LogP contribution in [0, 0.1) is 10.8 Å². The third-order valence-electron chi connectivity index (χ3n) is 7.32. The van der Waals surface area contributed by atoms with E-state index in [9.17, 15) is 9.59 Å². The summed E-state index contributed by atoms with van der Waals surface area (Å²) < 4.78 is 4.88. The Kier molecular flexibility index (Phi) is 2.28. The summed E-state index contributed by atoms with van der Waals surface area (Å²) in [5.41, 5.74) is 0.146. The minimum absolute atomic E-state index is 0.0829. The van der Waals surface area contributed by atoms with Crippen molar-refractivity contribution < 1.29 is 0 Å². The van der Waals surface area contributed by atoms with Crippen LogP contribution >= 0.6 is 0 Å².